The Labute approximate surface area is 129 Å². The van der Waals surface area contributed by atoms with E-state index in [9.17, 15) is 4.79 Å². The molecule has 7 heteroatoms. The number of benzene rings is 1. The highest BCUT2D eigenvalue weighted by atomic mass is 16.3. The predicted molar refractivity (Wildman–Crippen MR) is 82.1 cm³/mol. The smallest absolute Gasteiger partial charge is 0.315 e. The van der Waals surface area contributed by atoms with Gasteiger partial charge < -0.3 is 15.7 Å². The number of aromatic nitrogens is 3. The Morgan fingerprint density at radius 3 is 2.64 bits per heavy atom. The first-order valence-corrected chi connectivity index (χ1v) is 7.26. The maximum atomic E-state index is 11.7. The van der Waals surface area contributed by atoms with Crippen LogP contribution >= 0.6 is 0 Å². The lowest BCUT2D eigenvalue weighted by atomic mass is 10.1. The minimum absolute atomic E-state index is 0.0547. The standard InChI is InChI=1S/C15H21N5O2/c1-2-14(9-21)19-15(22)17-7-12-3-5-13(6-4-12)8-20-11-16-10-18-20/h3-6,10-11,14,21H,2,7-9H2,1H3,(H2,17,19,22). The molecule has 1 heterocycles. The molecule has 1 aromatic carbocycles. The van der Waals surface area contributed by atoms with Crippen LogP contribution in [0.3, 0.4) is 0 Å². The summed E-state index contributed by atoms with van der Waals surface area (Å²) in [4.78, 5) is 15.6. The molecule has 1 aromatic heterocycles. The molecule has 0 saturated carbocycles. The van der Waals surface area contributed by atoms with Gasteiger partial charge in [0, 0.05) is 6.54 Å². The van der Waals surface area contributed by atoms with Gasteiger partial charge in [-0.15, -0.1) is 0 Å². The van der Waals surface area contributed by atoms with E-state index in [0.717, 1.165) is 11.1 Å². The predicted octanol–water partition coefficient (Wildman–Crippen LogP) is 0.896. The molecular formula is C15H21N5O2. The first-order valence-electron chi connectivity index (χ1n) is 7.26. The van der Waals surface area contributed by atoms with Crippen LogP contribution in [0, 0.1) is 0 Å². The average molecular weight is 303 g/mol. The second-order valence-corrected chi connectivity index (χ2v) is 5.02. The maximum absolute atomic E-state index is 11.7. The van der Waals surface area contributed by atoms with Gasteiger partial charge in [0.25, 0.3) is 0 Å². The number of urea groups is 1. The third kappa shape index (κ3) is 4.85. The second-order valence-electron chi connectivity index (χ2n) is 5.02. The topological polar surface area (TPSA) is 92.1 Å². The van der Waals surface area contributed by atoms with Gasteiger partial charge in [-0.05, 0) is 17.5 Å². The van der Waals surface area contributed by atoms with E-state index in [-0.39, 0.29) is 18.7 Å². The van der Waals surface area contributed by atoms with Gasteiger partial charge in [0.15, 0.2) is 0 Å². The number of carbonyl (C=O) groups is 1. The zero-order valence-electron chi connectivity index (χ0n) is 12.6. The molecular weight excluding hydrogens is 282 g/mol. The van der Waals surface area contributed by atoms with Crippen LogP contribution in [-0.4, -0.2) is 38.6 Å². The molecule has 0 aliphatic rings. The van der Waals surface area contributed by atoms with Crippen molar-refractivity contribution in [2.75, 3.05) is 6.61 Å². The molecule has 2 aromatic rings. The first kappa shape index (κ1) is 16.0. The SMILES string of the molecule is CCC(CO)NC(=O)NCc1ccc(Cn2cncn2)cc1. The Bertz CT molecular complexity index is 564. The summed E-state index contributed by atoms with van der Waals surface area (Å²) in [6, 6.07) is 7.46. The lowest BCUT2D eigenvalue weighted by molar-refractivity contribution is 0.214. The molecule has 2 rings (SSSR count). The molecule has 7 nitrogen and oxygen atoms in total. The summed E-state index contributed by atoms with van der Waals surface area (Å²) < 4.78 is 1.75. The van der Waals surface area contributed by atoms with Crippen LogP contribution in [0.5, 0.6) is 0 Å². The molecule has 0 fully saturated rings. The number of aliphatic hydroxyl groups excluding tert-OH is 1. The highest BCUT2D eigenvalue weighted by Gasteiger charge is 2.08. The van der Waals surface area contributed by atoms with Crippen LogP contribution in [0.1, 0.15) is 24.5 Å². The number of carbonyl (C=O) groups excluding carboxylic acids is 1. The summed E-state index contributed by atoms with van der Waals surface area (Å²) in [5.41, 5.74) is 2.12. The highest BCUT2D eigenvalue weighted by Crippen LogP contribution is 2.05. The minimum Gasteiger partial charge on any atom is -0.394 e. The summed E-state index contributed by atoms with van der Waals surface area (Å²) in [5.74, 6) is 0. The zero-order valence-corrected chi connectivity index (χ0v) is 12.6. The molecule has 0 radical (unpaired) electrons. The van der Waals surface area contributed by atoms with Crippen molar-refractivity contribution in [2.45, 2.75) is 32.5 Å². The Hall–Kier alpha value is -2.41. The number of nitrogens with zero attached hydrogens (tertiary/aromatic N) is 3. The van der Waals surface area contributed by atoms with Gasteiger partial charge in [-0.25, -0.2) is 14.5 Å². The van der Waals surface area contributed by atoms with E-state index in [4.69, 9.17) is 5.11 Å². The molecule has 118 valence electrons. The van der Waals surface area contributed by atoms with Crippen molar-refractivity contribution in [1.82, 2.24) is 25.4 Å². The van der Waals surface area contributed by atoms with E-state index in [1.54, 1.807) is 11.0 Å². The quantitative estimate of drug-likeness (QED) is 0.708. The molecule has 1 atom stereocenters. The van der Waals surface area contributed by atoms with E-state index in [1.165, 1.54) is 6.33 Å². The van der Waals surface area contributed by atoms with Crippen molar-refractivity contribution >= 4 is 6.03 Å². The molecule has 0 aliphatic heterocycles. The van der Waals surface area contributed by atoms with E-state index >= 15 is 0 Å². The second kappa shape index (κ2) is 8.14. The average Bonchev–Trinajstić information content (AvgIpc) is 3.05. The Balaban J connectivity index is 1.80. The monoisotopic (exact) mass is 303 g/mol. The maximum Gasteiger partial charge on any atom is 0.315 e. The van der Waals surface area contributed by atoms with Crippen LogP contribution < -0.4 is 10.6 Å². The van der Waals surface area contributed by atoms with Crippen molar-refractivity contribution in [3.8, 4) is 0 Å². The summed E-state index contributed by atoms with van der Waals surface area (Å²) in [5, 5.41) is 18.6. The number of hydrogen-bond donors (Lipinski definition) is 3. The molecule has 0 bridgehead atoms. The van der Waals surface area contributed by atoms with Crippen LogP contribution in [-0.2, 0) is 13.1 Å². The molecule has 0 aliphatic carbocycles. The summed E-state index contributed by atoms with van der Waals surface area (Å²) in [6.07, 6.45) is 3.87. The highest BCUT2D eigenvalue weighted by molar-refractivity contribution is 5.74. The van der Waals surface area contributed by atoms with Crippen LogP contribution in [0.4, 0.5) is 4.79 Å². The molecule has 2 amide bonds. The number of nitrogens with one attached hydrogen (secondary N) is 2. The van der Waals surface area contributed by atoms with E-state index in [0.29, 0.717) is 19.5 Å². The summed E-state index contributed by atoms with van der Waals surface area (Å²) >= 11 is 0. The third-order valence-corrected chi connectivity index (χ3v) is 3.34. The fourth-order valence-corrected chi connectivity index (χ4v) is 1.96. The molecule has 0 spiro atoms. The van der Waals surface area contributed by atoms with Gasteiger partial charge in [-0.3, -0.25) is 0 Å². The Kier molecular flexibility index (Phi) is 5.91. The van der Waals surface area contributed by atoms with E-state index < -0.39 is 0 Å². The van der Waals surface area contributed by atoms with Gasteiger partial charge in [0.05, 0.1) is 19.2 Å². The molecule has 0 saturated heterocycles. The third-order valence-electron chi connectivity index (χ3n) is 3.34. The number of rotatable bonds is 7. The zero-order chi connectivity index (χ0) is 15.8. The summed E-state index contributed by atoms with van der Waals surface area (Å²) in [7, 11) is 0. The fourth-order valence-electron chi connectivity index (χ4n) is 1.96. The molecule has 3 N–H and O–H groups in total. The van der Waals surface area contributed by atoms with Gasteiger partial charge in [-0.2, -0.15) is 5.10 Å². The van der Waals surface area contributed by atoms with Gasteiger partial charge >= 0.3 is 6.03 Å². The first-order chi connectivity index (χ1) is 10.7. The van der Waals surface area contributed by atoms with Gasteiger partial charge in [0.2, 0.25) is 0 Å². The van der Waals surface area contributed by atoms with Gasteiger partial charge in [0.1, 0.15) is 12.7 Å². The minimum atomic E-state index is -0.271. The van der Waals surface area contributed by atoms with Crippen LogP contribution in [0.15, 0.2) is 36.9 Å². The lowest BCUT2D eigenvalue weighted by Crippen LogP contribution is -2.43. The van der Waals surface area contributed by atoms with E-state index in [1.807, 2.05) is 31.2 Å². The largest absolute Gasteiger partial charge is 0.394 e. The van der Waals surface area contributed by atoms with Crippen molar-refractivity contribution in [1.29, 1.82) is 0 Å². The number of amides is 2. The normalized spacial score (nSPS) is 11.9. The fraction of sp³-hybridized carbons (Fsp3) is 0.400. The Morgan fingerprint density at radius 2 is 2.05 bits per heavy atom. The number of hydrogen-bond acceptors (Lipinski definition) is 4. The van der Waals surface area contributed by atoms with Crippen molar-refractivity contribution in [3.63, 3.8) is 0 Å². The van der Waals surface area contributed by atoms with Crippen molar-refractivity contribution in [3.05, 3.63) is 48.0 Å². The lowest BCUT2D eigenvalue weighted by Gasteiger charge is -2.14. The molecule has 1 unspecified atom stereocenters. The summed E-state index contributed by atoms with van der Waals surface area (Å²) in [6.45, 7) is 2.97. The van der Waals surface area contributed by atoms with Crippen LogP contribution in [0.25, 0.3) is 0 Å². The molecule has 22 heavy (non-hydrogen) atoms. The van der Waals surface area contributed by atoms with Gasteiger partial charge in [-0.1, -0.05) is 31.2 Å². The van der Waals surface area contributed by atoms with Crippen molar-refractivity contribution in [2.24, 2.45) is 0 Å². The van der Waals surface area contributed by atoms with Crippen molar-refractivity contribution < 1.29 is 9.90 Å². The van der Waals surface area contributed by atoms with E-state index in [2.05, 4.69) is 20.7 Å². The number of aliphatic hydroxyl groups is 1. The Morgan fingerprint density at radius 1 is 1.32 bits per heavy atom. The van der Waals surface area contributed by atoms with Crippen LogP contribution in [0.2, 0.25) is 0 Å².